The fraction of sp³-hybridized carbons (Fsp3) is 0.429. The number of hydrogen-bond donors (Lipinski definition) is 1. The van der Waals surface area contributed by atoms with Crippen molar-refractivity contribution in [2.75, 3.05) is 26.7 Å². The van der Waals surface area contributed by atoms with Crippen LogP contribution in [0.15, 0.2) is 18.2 Å². The molecule has 4 nitrogen and oxygen atoms in total. The quantitative estimate of drug-likeness (QED) is 0.787. The molecule has 0 aliphatic rings. The van der Waals surface area contributed by atoms with Crippen LogP contribution in [-0.2, 0) is 4.79 Å². The first-order chi connectivity index (χ1) is 9.47. The van der Waals surface area contributed by atoms with Crippen LogP contribution in [0.25, 0.3) is 0 Å². The molecule has 110 valence electrons. The minimum absolute atomic E-state index is 0.122. The second-order valence-electron chi connectivity index (χ2n) is 4.43. The van der Waals surface area contributed by atoms with Gasteiger partial charge in [0.2, 0.25) is 5.91 Å². The van der Waals surface area contributed by atoms with E-state index in [9.17, 15) is 9.59 Å². The molecule has 0 fully saturated rings. The molecule has 6 heteroatoms. The zero-order valence-electron chi connectivity index (χ0n) is 11.6. The molecule has 0 saturated heterocycles. The van der Waals surface area contributed by atoms with Crippen molar-refractivity contribution in [3.05, 3.63) is 33.8 Å². The van der Waals surface area contributed by atoms with Gasteiger partial charge >= 0.3 is 0 Å². The standard InChI is InChI=1S/C14H18Cl2N2O2/c1-3-6-18(9-14(20)17-2)8-13(19)11-7-10(15)4-5-12(11)16/h4-5,7H,3,6,8-9H2,1-2H3,(H,17,20). The third-order valence-corrected chi connectivity index (χ3v) is 3.35. The van der Waals surface area contributed by atoms with Gasteiger partial charge in [-0.15, -0.1) is 0 Å². The van der Waals surface area contributed by atoms with Crippen molar-refractivity contribution in [1.29, 1.82) is 0 Å². The molecule has 1 aromatic carbocycles. The van der Waals surface area contributed by atoms with E-state index in [1.54, 1.807) is 30.1 Å². The predicted molar refractivity (Wildman–Crippen MR) is 81.6 cm³/mol. The van der Waals surface area contributed by atoms with E-state index in [2.05, 4.69) is 5.32 Å². The topological polar surface area (TPSA) is 49.4 Å². The van der Waals surface area contributed by atoms with Gasteiger partial charge in [0.25, 0.3) is 0 Å². The summed E-state index contributed by atoms with van der Waals surface area (Å²) in [4.78, 5) is 25.5. The Hall–Kier alpha value is -1.10. The number of hydrogen-bond acceptors (Lipinski definition) is 3. The summed E-state index contributed by atoms with van der Waals surface area (Å²) in [5.41, 5.74) is 0.386. The van der Waals surface area contributed by atoms with E-state index in [4.69, 9.17) is 23.2 Å². The molecule has 0 saturated carbocycles. The maximum absolute atomic E-state index is 12.3. The first-order valence-corrected chi connectivity index (χ1v) is 7.14. The fourth-order valence-electron chi connectivity index (χ4n) is 1.81. The predicted octanol–water partition coefficient (Wildman–Crippen LogP) is 2.63. The third kappa shape index (κ3) is 5.12. The summed E-state index contributed by atoms with van der Waals surface area (Å²) in [5, 5.41) is 3.38. The van der Waals surface area contributed by atoms with Crippen LogP contribution in [0.5, 0.6) is 0 Å². The van der Waals surface area contributed by atoms with Crippen molar-refractivity contribution in [2.45, 2.75) is 13.3 Å². The van der Waals surface area contributed by atoms with Crippen LogP contribution in [0.1, 0.15) is 23.7 Å². The summed E-state index contributed by atoms with van der Waals surface area (Å²) in [6, 6.07) is 4.78. The van der Waals surface area contributed by atoms with Crippen molar-refractivity contribution < 1.29 is 9.59 Å². The van der Waals surface area contributed by atoms with Gasteiger partial charge < -0.3 is 5.32 Å². The number of halogens is 2. The molecule has 1 rings (SSSR count). The Morgan fingerprint density at radius 1 is 1.25 bits per heavy atom. The summed E-state index contributed by atoms with van der Waals surface area (Å²) >= 11 is 11.9. The number of nitrogens with one attached hydrogen (secondary N) is 1. The average Bonchev–Trinajstić information content (AvgIpc) is 2.41. The lowest BCUT2D eigenvalue weighted by molar-refractivity contribution is -0.121. The molecule has 0 radical (unpaired) electrons. The van der Waals surface area contributed by atoms with Crippen molar-refractivity contribution in [1.82, 2.24) is 10.2 Å². The molecule has 0 unspecified atom stereocenters. The van der Waals surface area contributed by atoms with Crippen LogP contribution in [0.4, 0.5) is 0 Å². The van der Waals surface area contributed by atoms with Crippen LogP contribution < -0.4 is 5.32 Å². The molecule has 1 aromatic rings. The Bertz CT molecular complexity index is 492. The lowest BCUT2D eigenvalue weighted by Crippen LogP contribution is -2.39. The monoisotopic (exact) mass is 316 g/mol. The Kier molecular flexibility index (Phi) is 6.99. The Balaban J connectivity index is 2.79. The highest BCUT2D eigenvalue weighted by Gasteiger charge is 2.17. The minimum atomic E-state index is -0.144. The van der Waals surface area contributed by atoms with Crippen LogP contribution in [0, 0.1) is 0 Å². The normalized spacial score (nSPS) is 10.7. The number of Topliss-reactive ketones (excluding diaryl/α,β-unsaturated/α-hetero) is 1. The van der Waals surface area contributed by atoms with E-state index in [0.29, 0.717) is 22.2 Å². The van der Waals surface area contributed by atoms with Crippen molar-refractivity contribution in [3.63, 3.8) is 0 Å². The second kappa shape index (κ2) is 8.25. The van der Waals surface area contributed by atoms with Gasteiger partial charge in [-0.2, -0.15) is 0 Å². The van der Waals surface area contributed by atoms with Crippen molar-refractivity contribution in [2.24, 2.45) is 0 Å². The van der Waals surface area contributed by atoms with E-state index >= 15 is 0 Å². The van der Waals surface area contributed by atoms with Gasteiger partial charge in [-0.1, -0.05) is 30.1 Å². The van der Waals surface area contributed by atoms with Gasteiger partial charge in [0.1, 0.15) is 0 Å². The highest BCUT2D eigenvalue weighted by molar-refractivity contribution is 6.36. The van der Waals surface area contributed by atoms with Crippen molar-refractivity contribution >= 4 is 34.9 Å². The van der Waals surface area contributed by atoms with E-state index in [-0.39, 0.29) is 24.8 Å². The highest BCUT2D eigenvalue weighted by atomic mass is 35.5. The zero-order valence-corrected chi connectivity index (χ0v) is 13.1. The molecular weight excluding hydrogens is 299 g/mol. The second-order valence-corrected chi connectivity index (χ2v) is 5.27. The van der Waals surface area contributed by atoms with Gasteiger partial charge in [-0.3, -0.25) is 14.5 Å². The number of likely N-dealkylation sites (N-methyl/N-ethyl adjacent to an activating group) is 1. The Morgan fingerprint density at radius 3 is 2.55 bits per heavy atom. The zero-order chi connectivity index (χ0) is 15.1. The number of carbonyl (C=O) groups is 2. The van der Waals surface area contributed by atoms with Crippen LogP contribution in [-0.4, -0.2) is 43.3 Å². The van der Waals surface area contributed by atoms with Crippen LogP contribution in [0.2, 0.25) is 10.0 Å². The van der Waals surface area contributed by atoms with E-state index in [1.807, 2.05) is 6.92 Å². The van der Waals surface area contributed by atoms with Gasteiger partial charge in [0.05, 0.1) is 18.1 Å². The molecule has 1 N–H and O–H groups in total. The Morgan fingerprint density at radius 2 is 1.95 bits per heavy atom. The average molecular weight is 317 g/mol. The van der Waals surface area contributed by atoms with Crippen LogP contribution >= 0.6 is 23.2 Å². The fourth-order valence-corrected chi connectivity index (χ4v) is 2.21. The maximum Gasteiger partial charge on any atom is 0.233 e. The first-order valence-electron chi connectivity index (χ1n) is 6.39. The third-order valence-electron chi connectivity index (χ3n) is 2.78. The molecule has 0 aliphatic carbocycles. The molecular formula is C14H18Cl2N2O2. The largest absolute Gasteiger partial charge is 0.358 e. The molecule has 0 atom stereocenters. The highest BCUT2D eigenvalue weighted by Crippen LogP contribution is 2.21. The lowest BCUT2D eigenvalue weighted by atomic mass is 10.1. The lowest BCUT2D eigenvalue weighted by Gasteiger charge is -2.20. The first kappa shape index (κ1) is 17.0. The van der Waals surface area contributed by atoms with Gasteiger partial charge in [0, 0.05) is 17.6 Å². The molecule has 1 amide bonds. The van der Waals surface area contributed by atoms with E-state index in [1.165, 1.54) is 0 Å². The number of carbonyl (C=O) groups excluding carboxylic acids is 2. The van der Waals surface area contributed by atoms with Gasteiger partial charge in [0.15, 0.2) is 5.78 Å². The summed E-state index contributed by atoms with van der Waals surface area (Å²) < 4.78 is 0. The number of rotatable bonds is 7. The molecule has 0 aliphatic heterocycles. The summed E-state index contributed by atoms with van der Waals surface area (Å²) in [7, 11) is 1.57. The van der Waals surface area contributed by atoms with Gasteiger partial charge in [-0.25, -0.2) is 0 Å². The van der Waals surface area contributed by atoms with Crippen LogP contribution in [0.3, 0.4) is 0 Å². The number of benzene rings is 1. The SMILES string of the molecule is CCCN(CC(=O)NC)CC(=O)c1cc(Cl)ccc1Cl. The summed E-state index contributed by atoms with van der Waals surface area (Å²) in [5.74, 6) is -0.265. The maximum atomic E-state index is 12.3. The van der Waals surface area contributed by atoms with Gasteiger partial charge in [-0.05, 0) is 31.2 Å². The van der Waals surface area contributed by atoms with Crippen molar-refractivity contribution in [3.8, 4) is 0 Å². The number of ketones is 1. The van der Waals surface area contributed by atoms with E-state index in [0.717, 1.165) is 6.42 Å². The molecule has 0 spiro atoms. The Labute approximate surface area is 129 Å². The summed E-state index contributed by atoms with van der Waals surface area (Å²) in [6.07, 6.45) is 0.855. The smallest absolute Gasteiger partial charge is 0.233 e. The molecule has 0 heterocycles. The van der Waals surface area contributed by atoms with E-state index < -0.39 is 0 Å². The number of nitrogens with zero attached hydrogens (tertiary/aromatic N) is 1. The molecule has 0 bridgehead atoms. The molecule has 20 heavy (non-hydrogen) atoms. The summed E-state index contributed by atoms with van der Waals surface area (Å²) in [6.45, 7) is 2.99. The number of amides is 1. The molecule has 0 aromatic heterocycles. The minimum Gasteiger partial charge on any atom is -0.358 e.